The van der Waals surface area contributed by atoms with Gasteiger partial charge in [0.25, 0.3) is 0 Å². The average molecular weight is 419 g/mol. The van der Waals surface area contributed by atoms with Crippen molar-refractivity contribution in [2.75, 3.05) is 26.2 Å². The van der Waals surface area contributed by atoms with E-state index in [9.17, 15) is 12.8 Å². The summed E-state index contributed by atoms with van der Waals surface area (Å²) in [5.74, 6) is 0.768. The summed E-state index contributed by atoms with van der Waals surface area (Å²) in [6, 6.07) is 9.60. The predicted octanol–water partition coefficient (Wildman–Crippen LogP) is 3.28. The largest absolute Gasteiger partial charge is 0.457 e. The summed E-state index contributed by atoms with van der Waals surface area (Å²) in [4.78, 5) is 2.29. The van der Waals surface area contributed by atoms with E-state index in [-0.39, 0.29) is 10.7 Å². The van der Waals surface area contributed by atoms with Gasteiger partial charge in [-0.2, -0.15) is 4.31 Å². The Morgan fingerprint density at radius 1 is 1.10 bits per heavy atom. The van der Waals surface area contributed by atoms with Crippen molar-refractivity contribution in [2.24, 2.45) is 0 Å². The highest BCUT2D eigenvalue weighted by Crippen LogP contribution is 2.30. The normalized spacial score (nSPS) is 16.8. The van der Waals surface area contributed by atoms with Crippen molar-refractivity contribution in [3.8, 4) is 11.5 Å². The average Bonchev–Trinajstić information content (AvgIpc) is 3.28. The Bertz CT molecular complexity index is 1080. The Balaban J connectivity index is 1.48. The molecule has 0 spiro atoms. The molecule has 0 saturated carbocycles. The van der Waals surface area contributed by atoms with Crippen LogP contribution in [0.25, 0.3) is 11.5 Å². The fourth-order valence-electron chi connectivity index (χ4n) is 3.56. The molecule has 2 aromatic heterocycles. The van der Waals surface area contributed by atoms with Crippen LogP contribution < -0.4 is 0 Å². The molecule has 154 valence electrons. The molecule has 3 heterocycles. The van der Waals surface area contributed by atoms with Crippen LogP contribution in [-0.4, -0.2) is 49.0 Å². The highest BCUT2D eigenvalue weighted by atomic mass is 32.2. The van der Waals surface area contributed by atoms with Gasteiger partial charge in [0.2, 0.25) is 15.8 Å². The van der Waals surface area contributed by atoms with Gasteiger partial charge in [-0.1, -0.05) is 17.3 Å². The highest BCUT2D eigenvalue weighted by Gasteiger charge is 2.31. The minimum absolute atomic E-state index is 0.141. The van der Waals surface area contributed by atoms with Crippen LogP contribution in [0, 0.1) is 12.7 Å². The number of furan rings is 1. The van der Waals surface area contributed by atoms with Gasteiger partial charge in [0.15, 0.2) is 5.76 Å². The summed E-state index contributed by atoms with van der Waals surface area (Å²) >= 11 is 0. The smallest absolute Gasteiger partial charge is 0.246 e. The third-order valence-corrected chi connectivity index (χ3v) is 7.02. The van der Waals surface area contributed by atoms with Crippen molar-refractivity contribution in [1.82, 2.24) is 14.4 Å². The molecular formula is C20H22FN3O4S. The van der Waals surface area contributed by atoms with Gasteiger partial charge in [0.05, 0.1) is 6.20 Å². The van der Waals surface area contributed by atoms with Gasteiger partial charge in [-0.3, -0.25) is 4.90 Å². The molecule has 9 heteroatoms. The molecule has 0 bridgehead atoms. The zero-order valence-electron chi connectivity index (χ0n) is 16.0. The van der Waals surface area contributed by atoms with E-state index in [1.54, 1.807) is 19.1 Å². The van der Waals surface area contributed by atoms with Gasteiger partial charge < -0.3 is 8.94 Å². The van der Waals surface area contributed by atoms with Crippen molar-refractivity contribution in [2.45, 2.75) is 24.8 Å². The first kappa shape index (κ1) is 19.8. The van der Waals surface area contributed by atoms with Gasteiger partial charge >= 0.3 is 0 Å². The van der Waals surface area contributed by atoms with E-state index in [1.807, 2.05) is 6.07 Å². The van der Waals surface area contributed by atoms with Crippen molar-refractivity contribution >= 4 is 10.0 Å². The van der Waals surface area contributed by atoms with Crippen LogP contribution in [0.1, 0.15) is 17.7 Å². The van der Waals surface area contributed by atoms with Crippen LogP contribution in [0.2, 0.25) is 0 Å². The Labute approximate surface area is 168 Å². The molecule has 0 aliphatic carbocycles. The summed E-state index contributed by atoms with van der Waals surface area (Å²) in [5.41, 5.74) is 0.878. The predicted molar refractivity (Wildman–Crippen MR) is 104 cm³/mol. The summed E-state index contributed by atoms with van der Waals surface area (Å²) in [6.07, 6.45) is 2.17. The van der Waals surface area contributed by atoms with Crippen LogP contribution in [0.15, 0.2) is 56.4 Å². The number of hydrogen-bond acceptors (Lipinski definition) is 6. The van der Waals surface area contributed by atoms with Gasteiger partial charge in [0.1, 0.15) is 16.5 Å². The quantitative estimate of drug-likeness (QED) is 0.632. The molecule has 0 unspecified atom stereocenters. The molecule has 0 atom stereocenters. The second-order valence-corrected chi connectivity index (χ2v) is 8.98. The number of rotatable bonds is 5. The van der Waals surface area contributed by atoms with E-state index < -0.39 is 10.0 Å². The van der Waals surface area contributed by atoms with E-state index in [0.717, 1.165) is 12.1 Å². The van der Waals surface area contributed by atoms with E-state index in [2.05, 4.69) is 10.1 Å². The van der Waals surface area contributed by atoms with Crippen LogP contribution in [0.3, 0.4) is 0 Å². The summed E-state index contributed by atoms with van der Waals surface area (Å²) in [7, 11) is -3.70. The molecule has 4 rings (SSSR count). The molecule has 1 fully saturated rings. The molecule has 1 aromatic carbocycles. The SMILES string of the molecule is Cc1oc(-c2ccno2)cc1S(=O)(=O)N1CCCN(Cc2cccc(F)c2)CC1. The van der Waals surface area contributed by atoms with Gasteiger partial charge in [-0.15, -0.1) is 0 Å². The number of nitrogens with zero attached hydrogens (tertiary/aromatic N) is 3. The third-order valence-electron chi connectivity index (χ3n) is 5.01. The van der Waals surface area contributed by atoms with Gasteiger partial charge in [-0.25, -0.2) is 12.8 Å². The van der Waals surface area contributed by atoms with Crippen molar-refractivity contribution in [3.63, 3.8) is 0 Å². The molecule has 1 saturated heterocycles. The van der Waals surface area contributed by atoms with Crippen molar-refractivity contribution in [1.29, 1.82) is 0 Å². The topological polar surface area (TPSA) is 79.8 Å². The van der Waals surface area contributed by atoms with Crippen LogP contribution >= 0.6 is 0 Å². The molecule has 1 aliphatic heterocycles. The Kier molecular flexibility index (Phi) is 5.53. The summed E-state index contributed by atoms with van der Waals surface area (Å²) in [6.45, 7) is 4.31. The molecule has 0 amide bonds. The number of aryl methyl sites for hydroxylation is 1. The lowest BCUT2D eigenvalue weighted by Crippen LogP contribution is -2.35. The Morgan fingerprint density at radius 3 is 2.72 bits per heavy atom. The number of aromatic nitrogens is 1. The second kappa shape index (κ2) is 8.10. The van der Waals surface area contributed by atoms with E-state index in [1.165, 1.54) is 28.7 Å². The molecular weight excluding hydrogens is 397 g/mol. The van der Waals surface area contributed by atoms with E-state index in [4.69, 9.17) is 8.94 Å². The molecule has 0 radical (unpaired) electrons. The highest BCUT2D eigenvalue weighted by molar-refractivity contribution is 7.89. The molecule has 29 heavy (non-hydrogen) atoms. The van der Waals surface area contributed by atoms with Gasteiger partial charge in [0, 0.05) is 38.3 Å². The maximum Gasteiger partial charge on any atom is 0.246 e. The minimum atomic E-state index is -3.70. The Morgan fingerprint density at radius 2 is 1.97 bits per heavy atom. The fraction of sp³-hybridized carbons (Fsp3) is 0.350. The zero-order chi connectivity index (χ0) is 20.4. The van der Waals surface area contributed by atoms with Crippen LogP contribution in [-0.2, 0) is 16.6 Å². The maximum absolute atomic E-state index is 13.4. The number of halogens is 1. The lowest BCUT2D eigenvalue weighted by molar-refractivity contribution is 0.278. The van der Waals surface area contributed by atoms with Crippen LogP contribution in [0.4, 0.5) is 4.39 Å². The van der Waals surface area contributed by atoms with Crippen LogP contribution in [0.5, 0.6) is 0 Å². The van der Waals surface area contributed by atoms with E-state index >= 15 is 0 Å². The lowest BCUT2D eigenvalue weighted by Gasteiger charge is -2.21. The number of hydrogen-bond donors (Lipinski definition) is 0. The van der Waals surface area contributed by atoms with Crippen molar-refractivity contribution in [3.05, 3.63) is 59.7 Å². The molecule has 3 aromatic rings. The van der Waals surface area contributed by atoms with Crippen molar-refractivity contribution < 1.29 is 21.7 Å². The number of benzene rings is 1. The molecule has 0 N–H and O–H groups in total. The van der Waals surface area contributed by atoms with Gasteiger partial charge in [-0.05, 0) is 37.6 Å². The first-order valence-corrected chi connectivity index (χ1v) is 10.9. The number of sulfonamides is 1. The zero-order valence-corrected chi connectivity index (χ0v) is 16.9. The molecule has 7 nitrogen and oxygen atoms in total. The monoisotopic (exact) mass is 419 g/mol. The maximum atomic E-state index is 13.4. The summed E-state index contributed by atoms with van der Waals surface area (Å²) < 4.78 is 52.0. The van der Waals surface area contributed by atoms with E-state index in [0.29, 0.717) is 49.9 Å². The standard InChI is InChI=1S/C20H22FN3O4S/c1-15-20(13-19(27-15)18-6-7-22-28-18)29(25,26)24-9-3-8-23(10-11-24)14-16-4-2-5-17(21)12-16/h2,4-7,12-13H,3,8-11,14H2,1H3. The minimum Gasteiger partial charge on any atom is -0.457 e. The first-order valence-electron chi connectivity index (χ1n) is 9.42. The lowest BCUT2D eigenvalue weighted by atomic mass is 10.2. The molecule has 1 aliphatic rings. The Hall–Kier alpha value is -2.49. The second-order valence-electron chi connectivity index (χ2n) is 7.07. The summed E-state index contributed by atoms with van der Waals surface area (Å²) in [5, 5.41) is 3.63. The third kappa shape index (κ3) is 4.26. The fourth-order valence-corrected chi connectivity index (χ4v) is 5.19. The first-order chi connectivity index (χ1) is 13.9.